The predicted octanol–water partition coefficient (Wildman–Crippen LogP) is 3.74. The molecule has 1 aliphatic rings. The summed E-state index contributed by atoms with van der Waals surface area (Å²) in [7, 11) is 1.88. The maximum Gasteiger partial charge on any atom is 0.418 e. The fraction of sp³-hybridized carbons (Fsp3) is 0.273. The van der Waals surface area contributed by atoms with Crippen molar-refractivity contribution in [1.82, 2.24) is 14.5 Å². The molecule has 0 radical (unpaired) electrons. The number of benzene rings is 1. The first-order valence-electron chi connectivity index (χ1n) is 9.86. The van der Waals surface area contributed by atoms with E-state index in [1.807, 2.05) is 24.9 Å². The molecule has 0 saturated carbocycles. The van der Waals surface area contributed by atoms with Crippen LogP contribution in [0.2, 0.25) is 0 Å². The van der Waals surface area contributed by atoms with E-state index < -0.39 is 17.4 Å². The third kappa shape index (κ3) is 4.59. The SMILES string of the molecule is C[C@H]1Cn2c(cc(OCc3ccc(Oc4cncc(C(F)(F)F)c4)c(C#N)c3)nc2=O)N1C. The number of rotatable bonds is 5. The lowest BCUT2D eigenvalue weighted by Crippen LogP contribution is -2.23. The fourth-order valence-electron chi connectivity index (χ4n) is 3.38. The van der Waals surface area contributed by atoms with Gasteiger partial charge >= 0.3 is 11.9 Å². The molecule has 1 aliphatic heterocycles. The van der Waals surface area contributed by atoms with Crippen LogP contribution in [0.3, 0.4) is 0 Å². The number of likely N-dealkylation sites (N-methyl/N-ethyl adjacent to an activating group) is 1. The number of hydrogen-bond donors (Lipinski definition) is 0. The van der Waals surface area contributed by atoms with Crippen molar-refractivity contribution < 1.29 is 22.6 Å². The number of pyridine rings is 1. The fourth-order valence-corrected chi connectivity index (χ4v) is 3.38. The summed E-state index contributed by atoms with van der Waals surface area (Å²) in [6, 6.07) is 9.15. The standard InChI is InChI=1S/C22H18F3N5O3/c1-13-11-30-20(29(13)2)7-19(28-21(30)31)32-12-14-3-4-18(15(5-14)8-26)33-17-6-16(9-27-10-17)22(23,24)25/h3-7,9-10,13H,11-12H2,1-2H3/t13-/m0/s1. The molecule has 8 nitrogen and oxygen atoms in total. The highest BCUT2D eigenvalue weighted by atomic mass is 19.4. The molecule has 2 aromatic heterocycles. The van der Waals surface area contributed by atoms with E-state index in [2.05, 4.69) is 9.97 Å². The van der Waals surface area contributed by atoms with Crippen LogP contribution in [0.25, 0.3) is 0 Å². The maximum atomic E-state index is 12.9. The Hall–Kier alpha value is -4.07. The minimum atomic E-state index is -4.56. The Morgan fingerprint density at radius 2 is 2.03 bits per heavy atom. The highest BCUT2D eigenvalue weighted by Gasteiger charge is 2.31. The van der Waals surface area contributed by atoms with Crippen molar-refractivity contribution in [3.8, 4) is 23.4 Å². The smallest absolute Gasteiger partial charge is 0.418 e. The van der Waals surface area contributed by atoms with Crippen LogP contribution >= 0.6 is 0 Å². The van der Waals surface area contributed by atoms with Gasteiger partial charge in [0.1, 0.15) is 30.0 Å². The maximum absolute atomic E-state index is 12.9. The topological polar surface area (TPSA) is 93.3 Å². The van der Waals surface area contributed by atoms with Crippen molar-refractivity contribution in [3.63, 3.8) is 0 Å². The van der Waals surface area contributed by atoms with Crippen LogP contribution < -0.4 is 20.1 Å². The second-order valence-corrected chi connectivity index (χ2v) is 7.55. The monoisotopic (exact) mass is 457 g/mol. The minimum Gasteiger partial charge on any atom is -0.473 e. The van der Waals surface area contributed by atoms with Gasteiger partial charge in [-0.15, -0.1) is 0 Å². The Labute approximate surface area is 186 Å². The zero-order valence-corrected chi connectivity index (χ0v) is 17.6. The number of halogens is 3. The summed E-state index contributed by atoms with van der Waals surface area (Å²) in [6.07, 6.45) is -2.74. The third-order valence-electron chi connectivity index (χ3n) is 5.25. The second kappa shape index (κ2) is 8.46. The second-order valence-electron chi connectivity index (χ2n) is 7.55. The van der Waals surface area contributed by atoms with Gasteiger partial charge in [-0.05, 0) is 30.7 Å². The van der Waals surface area contributed by atoms with E-state index in [9.17, 15) is 23.2 Å². The molecule has 1 atom stereocenters. The number of aromatic nitrogens is 3. The molecule has 3 heterocycles. The predicted molar refractivity (Wildman–Crippen MR) is 111 cm³/mol. The molecule has 0 unspecified atom stereocenters. The number of alkyl halides is 3. The Kier molecular flexibility index (Phi) is 5.68. The number of nitriles is 1. The Morgan fingerprint density at radius 3 is 2.76 bits per heavy atom. The van der Waals surface area contributed by atoms with Crippen molar-refractivity contribution in [2.24, 2.45) is 0 Å². The van der Waals surface area contributed by atoms with E-state index in [1.165, 1.54) is 12.1 Å². The summed E-state index contributed by atoms with van der Waals surface area (Å²) in [6.45, 7) is 2.57. The minimum absolute atomic E-state index is 0.0231. The zero-order valence-electron chi connectivity index (χ0n) is 17.6. The quantitative estimate of drug-likeness (QED) is 0.576. The van der Waals surface area contributed by atoms with Crippen LogP contribution in [0.1, 0.15) is 23.6 Å². The number of fused-ring (bicyclic) bond motifs is 1. The van der Waals surface area contributed by atoms with Gasteiger partial charge in [0.2, 0.25) is 5.88 Å². The largest absolute Gasteiger partial charge is 0.473 e. The van der Waals surface area contributed by atoms with Gasteiger partial charge in [0.05, 0.1) is 17.3 Å². The van der Waals surface area contributed by atoms with E-state index in [0.29, 0.717) is 24.1 Å². The van der Waals surface area contributed by atoms with E-state index in [-0.39, 0.29) is 35.6 Å². The molecule has 0 bridgehead atoms. The summed E-state index contributed by atoms with van der Waals surface area (Å²) in [4.78, 5) is 21.7. The van der Waals surface area contributed by atoms with Crippen molar-refractivity contribution in [2.75, 3.05) is 11.9 Å². The molecular weight excluding hydrogens is 439 g/mol. The summed E-state index contributed by atoms with van der Waals surface area (Å²) >= 11 is 0. The van der Waals surface area contributed by atoms with Crippen LogP contribution in [0.4, 0.5) is 19.0 Å². The molecule has 33 heavy (non-hydrogen) atoms. The average molecular weight is 457 g/mol. The number of ether oxygens (including phenoxy) is 2. The normalized spacial score (nSPS) is 15.2. The molecule has 0 fully saturated rings. The van der Waals surface area contributed by atoms with Gasteiger partial charge in [0.25, 0.3) is 0 Å². The molecule has 0 N–H and O–H groups in total. The molecule has 0 aliphatic carbocycles. The summed E-state index contributed by atoms with van der Waals surface area (Å²) in [5.74, 6) is 0.785. The van der Waals surface area contributed by atoms with Crippen LogP contribution in [0, 0.1) is 11.3 Å². The third-order valence-corrected chi connectivity index (χ3v) is 5.25. The van der Waals surface area contributed by atoms with Crippen LogP contribution in [0.15, 0.2) is 47.5 Å². The summed E-state index contributed by atoms with van der Waals surface area (Å²) in [5, 5.41) is 9.46. The molecule has 4 rings (SSSR count). The lowest BCUT2D eigenvalue weighted by Gasteiger charge is -2.16. The number of anilines is 1. The summed E-state index contributed by atoms with van der Waals surface area (Å²) < 4.78 is 51.3. The van der Waals surface area contributed by atoms with Gasteiger partial charge in [-0.25, -0.2) is 4.79 Å². The molecule has 0 amide bonds. The molecule has 3 aromatic rings. The van der Waals surface area contributed by atoms with E-state index in [4.69, 9.17) is 9.47 Å². The van der Waals surface area contributed by atoms with Gasteiger partial charge in [-0.1, -0.05) is 6.07 Å². The van der Waals surface area contributed by atoms with E-state index >= 15 is 0 Å². The molecular formula is C22H18F3N5O3. The molecule has 11 heteroatoms. The first-order valence-corrected chi connectivity index (χ1v) is 9.86. The Bertz CT molecular complexity index is 1300. The first kappa shape index (κ1) is 22.1. The van der Waals surface area contributed by atoms with Crippen molar-refractivity contribution in [3.05, 3.63) is 69.9 Å². The first-order chi connectivity index (χ1) is 15.7. The van der Waals surface area contributed by atoms with Crippen molar-refractivity contribution in [1.29, 1.82) is 5.26 Å². The zero-order chi connectivity index (χ0) is 23.8. The highest BCUT2D eigenvalue weighted by molar-refractivity contribution is 5.48. The van der Waals surface area contributed by atoms with Gasteiger partial charge < -0.3 is 14.4 Å². The number of nitrogens with zero attached hydrogens (tertiary/aromatic N) is 5. The van der Waals surface area contributed by atoms with Crippen LogP contribution in [-0.2, 0) is 19.3 Å². The molecule has 0 spiro atoms. The Morgan fingerprint density at radius 1 is 1.24 bits per heavy atom. The van der Waals surface area contributed by atoms with Crippen LogP contribution in [-0.4, -0.2) is 27.6 Å². The van der Waals surface area contributed by atoms with Gasteiger partial charge in [-0.2, -0.15) is 23.4 Å². The van der Waals surface area contributed by atoms with E-state index in [1.54, 1.807) is 16.7 Å². The average Bonchev–Trinajstić information content (AvgIpc) is 3.07. The van der Waals surface area contributed by atoms with E-state index in [0.717, 1.165) is 12.3 Å². The Balaban J connectivity index is 1.50. The molecule has 170 valence electrons. The lowest BCUT2D eigenvalue weighted by atomic mass is 10.1. The molecule has 0 saturated heterocycles. The van der Waals surface area contributed by atoms with Crippen molar-refractivity contribution >= 4 is 5.82 Å². The van der Waals surface area contributed by atoms with Gasteiger partial charge in [0, 0.05) is 31.9 Å². The van der Waals surface area contributed by atoms with Crippen LogP contribution in [0.5, 0.6) is 17.4 Å². The summed E-state index contributed by atoms with van der Waals surface area (Å²) in [5.41, 5.74) is -0.676. The van der Waals surface area contributed by atoms with Crippen molar-refractivity contribution in [2.45, 2.75) is 32.3 Å². The highest BCUT2D eigenvalue weighted by Crippen LogP contribution is 2.33. The van der Waals surface area contributed by atoms with Gasteiger partial charge in [0.15, 0.2) is 0 Å². The lowest BCUT2D eigenvalue weighted by molar-refractivity contribution is -0.137. The van der Waals surface area contributed by atoms with Gasteiger partial charge in [-0.3, -0.25) is 9.55 Å². The molecule has 1 aromatic carbocycles. The number of hydrogen-bond acceptors (Lipinski definition) is 7.